The first kappa shape index (κ1) is 12.8. The minimum absolute atomic E-state index is 0.600. The van der Waals surface area contributed by atoms with Gasteiger partial charge in [-0.1, -0.05) is 18.2 Å². The monoisotopic (exact) mass is 329 g/mol. The zero-order valence-corrected chi connectivity index (χ0v) is 12.2. The number of nitrogens with zero attached hydrogens (tertiary/aromatic N) is 4. The molecule has 0 bridgehead atoms. The Labute approximate surface area is 124 Å². The first-order valence-electron chi connectivity index (χ1n) is 6.12. The third-order valence-electron chi connectivity index (χ3n) is 2.80. The highest BCUT2D eigenvalue weighted by Crippen LogP contribution is 2.15. The second kappa shape index (κ2) is 5.83. The lowest BCUT2D eigenvalue weighted by molar-refractivity contribution is 0.862. The predicted molar refractivity (Wildman–Crippen MR) is 80.6 cm³/mol. The number of benzene rings is 1. The number of rotatable bonds is 4. The molecule has 1 aromatic carbocycles. The molecule has 3 aromatic rings. The summed E-state index contributed by atoms with van der Waals surface area (Å²) in [7, 11) is 0. The highest BCUT2D eigenvalue weighted by atomic mass is 79.9. The summed E-state index contributed by atoms with van der Waals surface area (Å²) < 4.78 is 2.71. The molecular formula is C14H12BrN5. The zero-order chi connectivity index (χ0) is 13.8. The van der Waals surface area contributed by atoms with Gasteiger partial charge in [0.1, 0.15) is 0 Å². The molecule has 100 valence electrons. The molecular weight excluding hydrogens is 318 g/mol. The van der Waals surface area contributed by atoms with Crippen molar-refractivity contribution in [2.24, 2.45) is 0 Å². The standard InChI is InChI=1S/C14H12BrN5/c15-12-9-17-14(18-10-12)16-8-11-4-1-2-5-13(11)20-7-3-6-19-20/h1-7,9-10H,8H2,(H,16,17,18). The predicted octanol–water partition coefficient (Wildman–Crippen LogP) is 3.04. The molecule has 0 amide bonds. The summed E-state index contributed by atoms with van der Waals surface area (Å²) in [6.45, 7) is 0.637. The van der Waals surface area contributed by atoms with E-state index in [4.69, 9.17) is 0 Å². The molecule has 20 heavy (non-hydrogen) atoms. The van der Waals surface area contributed by atoms with Crippen molar-refractivity contribution < 1.29 is 0 Å². The SMILES string of the molecule is Brc1cnc(NCc2ccccc2-n2cccn2)nc1. The number of hydrogen-bond acceptors (Lipinski definition) is 4. The lowest BCUT2D eigenvalue weighted by Crippen LogP contribution is -2.07. The van der Waals surface area contributed by atoms with Crippen LogP contribution in [0.15, 0.2) is 59.6 Å². The first-order chi connectivity index (χ1) is 9.83. The second-order valence-electron chi connectivity index (χ2n) is 4.16. The smallest absolute Gasteiger partial charge is 0.222 e. The Balaban J connectivity index is 1.79. The van der Waals surface area contributed by atoms with Crippen molar-refractivity contribution in [3.05, 3.63) is 65.2 Å². The van der Waals surface area contributed by atoms with Crippen molar-refractivity contribution in [3.8, 4) is 5.69 Å². The maximum atomic E-state index is 4.27. The van der Waals surface area contributed by atoms with Crippen molar-refractivity contribution in [1.29, 1.82) is 0 Å². The average molecular weight is 330 g/mol. The van der Waals surface area contributed by atoms with Gasteiger partial charge in [0.05, 0.1) is 10.2 Å². The lowest BCUT2D eigenvalue weighted by atomic mass is 10.2. The van der Waals surface area contributed by atoms with Crippen molar-refractivity contribution in [3.63, 3.8) is 0 Å². The van der Waals surface area contributed by atoms with Gasteiger partial charge in [0.2, 0.25) is 5.95 Å². The minimum Gasteiger partial charge on any atom is -0.350 e. The van der Waals surface area contributed by atoms with Gasteiger partial charge in [-0.25, -0.2) is 14.6 Å². The fraction of sp³-hybridized carbons (Fsp3) is 0.0714. The highest BCUT2D eigenvalue weighted by molar-refractivity contribution is 9.10. The van der Waals surface area contributed by atoms with Gasteiger partial charge in [0.15, 0.2) is 0 Å². The third kappa shape index (κ3) is 2.85. The Morgan fingerprint density at radius 1 is 1.10 bits per heavy atom. The van der Waals surface area contributed by atoms with E-state index in [-0.39, 0.29) is 0 Å². The van der Waals surface area contributed by atoms with Crippen LogP contribution in [-0.2, 0) is 6.54 Å². The summed E-state index contributed by atoms with van der Waals surface area (Å²) in [6.07, 6.45) is 7.13. The minimum atomic E-state index is 0.600. The van der Waals surface area contributed by atoms with Gasteiger partial charge in [0, 0.05) is 31.3 Å². The van der Waals surface area contributed by atoms with Crippen molar-refractivity contribution in [2.45, 2.75) is 6.54 Å². The van der Waals surface area contributed by atoms with Crippen LogP contribution < -0.4 is 5.32 Å². The zero-order valence-electron chi connectivity index (χ0n) is 10.6. The molecule has 0 aliphatic heterocycles. The maximum absolute atomic E-state index is 4.27. The largest absolute Gasteiger partial charge is 0.350 e. The van der Waals surface area contributed by atoms with E-state index in [9.17, 15) is 0 Å². The molecule has 0 atom stereocenters. The van der Waals surface area contributed by atoms with Gasteiger partial charge in [-0.3, -0.25) is 0 Å². The van der Waals surface area contributed by atoms with E-state index in [1.54, 1.807) is 18.6 Å². The highest BCUT2D eigenvalue weighted by Gasteiger charge is 2.04. The molecule has 0 radical (unpaired) electrons. The van der Waals surface area contributed by atoms with Crippen LogP contribution in [0, 0.1) is 0 Å². The lowest BCUT2D eigenvalue weighted by Gasteiger charge is -2.10. The molecule has 0 spiro atoms. The molecule has 0 aliphatic carbocycles. The van der Waals surface area contributed by atoms with Crippen LogP contribution in [0.5, 0.6) is 0 Å². The summed E-state index contributed by atoms with van der Waals surface area (Å²) >= 11 is 3.31. The van der Waals surface area contributed by atoms with Gasteiger partial charge in [-0.2, -0.15) is 5.10 Å². The van der Waals surface area contributed by atoms with E-state index >= 15 is 0 Å². The summed E-state index contributed by atoms with van der Waals surface area (Å²) in [4.78, 5) is 8.39. The number of para-hydroxylation sites is 1. The molecule has 0 saturated carbocycles. The molecule has 2 heterocycles. The van der Waals surface area contributed by atoms with Crippen LogP contribution in [0.2, 0.25) is 0 Å². The van der Waals surface area contributed by atoms with Crippen LogP contribution in [0.4, 0.5) is 5.95 Å². The normalized spacial score (nSPS) is 10.4. The molecule has 1 N–H and O–H groups in total. The Morgan fingerprint density at radius 3 is 2.65 bits per heavy atom. The molecule has 2 aromatic heterocycles. The number of nitrogens with one attached hydrogen (secondary N) is 1. The Morgan fingerprint density at radius 2 is 1.90 bits per heavy atom. The number of anilines is 1. The van der Waals surface area contributed by atoms with Crippen LogP contribution in [-0.4, -0.2) is 19.7 Å². The van der Waals surface area contributed by atoms with Gasteiger partial charge in [-0.05, 0) is 33.6 Å². The Bertz CT molecular complexity index is 679. The summed E-state index contributed by atoms with van der Waals surface area (Å²) in [6, 6.07) is 10.0. The molecule has 5 nitrogen and oxygen atoms in total. The first-order valence-corrected chi connectivity index (χ1v) is 6.91. The topological polar surface area (TPSA) is 55.6 Å². The number of aromatic nitrogens is 4. The van der Waals surface area contributed by atoms with E-state index in [1.165, 1.54) is 0 Å². The van der Waals surface area contributed by atoms with Crippen LogP contribution in [0.1, 0.15) is 5.56 Å². The fourth-order valence-corrected chi connectivity index (χ4v) is 2.08. The van der Waals surface area contributed by atoms with Crippen LogP contribution in [0.25, 0.3) is 5.69 Å². The molecule has 0 saturated heterocycles. The average Bonchev–Trinajstić information content (AvgIpc) is 3.01. The Hall–Kier alpha value is -2.21. The van der Waals surface area contributed by atoms with Crippen LogP contribution >= 0.6 is 15.9 Å². The number of halogens is 1. The molecule has 0 unspecified atom stereocenters. The van der Waals surface area contributed by atoms with Gasteiger partial charge < -0.3 is 5.32 Å². The van der Waals surface area contributed by atoms with E-state index in [0.717, 1.165) is 15.7 Å². The van der Waals surface area contributed by atoms with Crippen LogP contribution in [0.3, 0.4) is 0 Å². The van der Waals surface area contributed by atoms with Gasteiger partial charge >= 0.3 is 0 Å². The van der Waals surface area contributed by atoms with E-state index in [2.05, 4.69) is 42.4 Å². The van der Waals surface area contributed by atoms with Gasteiger partial charge in [-0.15, -0.1) is 0 Å². The van der Waals surface area contributed by atoms with Crippen molar-refractivity contribution in [1.82, 2.24) is 19.7 Å². The van der Waals surface area contributed by atoms with E-state index < -0.39 is 0 Å². The quantitative estimate of drug-likeness (QED) is 0.799. The van der Waals surface area contributed by atoms with Gasteiger partial charge in [0.25, 0.3) is 0 Å². The molecule has 0 fully saturated rings. The second-order valence-corrected chi connectivity index (χ2v) is 5.07. The fourth-order valence-electron chi connectivity index (χ4n) is 1.87. The third-order valence-corrected chi connectivity index (χ3v) is 3.21. The van der Waals surface area contributed by atoms with Crippen molar-refractivity contribution >= 4 is 21.9 Å². The summed E-state index contributed by atoms with van der Waals surface area (Å²) in [5, 5.41) is 7.47. The van der Waals surface area contributed by atoms with E-state index in [0.29, 0.717) is 12.5 Å². The van der Waals surface area contributed by atoms with Crippen molar-refractivity contribution in [2.75, 3.05) is 5.32 Å². The molecule has 6 heteroatoms. The maximum Gasteiger partial charge on any atom is 0.222 e. The molecule has 0 aliphatic rings. The van der Waals surface area contributed by atoms with E-state index in [1.807, 2.05) is 35.1 Å². The number of hydrogen-bond donors (Lipinski definition) is 1. The molecule has 3 rings (SSSR count). The summed E-state index contributed by atoms with van der Waals surface area (Å²) in [5.74, 6) is 0.600. The summed E-state index contributed by atoms with van der Waals surface area (Å²) in [5.41, 5.74) is 2.17. The Kier molecular flexibility index (Phi) is 3.73.